The highest BCUT2D eigenvalue weighted by Gasteiger charge is 2.27. The third-order valence-electron chi connectivity index (χ3n) is 5.65. The molecular formula is C24H29ClO2. The lowest BCUT2D eigenvalue weighted by Crippen LogP contribution is -2.25. The second kappa shape index (κ2) is 9.94. The summed E-state index contributed by atoms with van der Waals surface area (Å²) in [6.07, 6.45) is 9.38. The SMILES string of the molecule is CCCCCC1CCC(C(=O)Oc2ccc(-c3ccccc3)cc2Cl)CC1. The monoisotopic (exact) mass is 384 g/mol. The van der Waals surface area contributed by atoms with Crippen molar-refractivity contribution in [3.8, 4) is 16.9 Å². The van der Waals surface area contributed by atoms with Gasteiger partial charge in [-0.2, -0.15) is 0 Å². The van der Waals surface area contributed by atoms with Crippen molar-refractivity contribution >= 4 is 17.6 Å². The summed E-state index contributed by atoms with van der Waals surface area (Å²) in [4.78, 5) is 12.6. The number of carbonyl (C=O) groups is 1. The van der Waals surface area contributed by atoms with Gasteiger partial charge in [0.1, 0.15) is 5.75 Å². The van der Waals surface area contributed by atoms with Crippen molar-refractivity contribution in [2.75, 3.05) is 0 Å². The van der Waals surface area contributed by atoms with E-state index in [4.69, 9.17) is 16.3 Å². The molecule has 0 saturated heterocycles. The highest BCUT2D eigenvalue weighted by atomic mass is 35.5. The molecule has 0 bridgehead atoms. The van der Waals surface area contributed by atoms with Crippen LogP contribution in [0.4, 0.5) is 0 Å². The number of benzene rings is 2. The molecule has 0 radical (unpaired) electrons. The van der Waals surface area contributed by atoms with Crippen molar-refractivity contribution in [1.29, 1.82) is 0 Å². The first-order valence-electron chi connectivity index (χ1n) is 10.2. The lowest BCUT2D eigenvalue weighted by Gasteiger charge is -2.27. The van der Waals surface area contributed by atoms with Crippen LogP contribution in [0.5, 0.6) is 5.75 Å². The van der Waals surface area contributed by atoms with E-state index in [1.165, 1.54) is 25.7 Å². The maximum atomic E-state index is 12.6. The molecule has 3 rings (SSSR count). The summed E-state index contributed by atoms with van der Waals surface area (Å²) in [5.74, 6) is 1.13. The second-order valence-corrected chi connectivity index (χ2v) is 8.05. The van der Waals surface area contributed by atoms with Crippen LogP contribution >= 0.6 is 11.6 Å². The van der Waals surface area contributed by atoms with E-state index in [-0.39, 0.29) is 11.9 Å². The number of ether oxygens (including phenoxy) is 1. The van der Waals surface area contributed by atoms with Crippen molar-refractivity contribution in [3.63, 3.8) is 0 Å². The topological polar surface area (TPSA) is 26.3 Å². The van der Waals surface area contributed by atoms with Crippen LogP contribution < -0.4 is 4.74 Å². The molecule has 0 unspecified atom stereocenters. The van der Waals surface area contributed by atoms with Crippen LogP contribution in [0.2, 0.25) is 5.02 Å². The third kappa shape index (κ3) is 5.59. The zero-order chi connectivity index (χ0) is 19.1. The Bertz CT molecular complexity index is 733. The van der Waals surface area contributed by atoms with E-state index in [1.54, 1.807) is 6.07 Å². The van der Waals surface area contributed by atoms with Gasteiger partial charge < -0.3 is 4.74 Å². The maximum absolute atomic E-state index is 12.6. The summed E-state index contributed by atoms with van der Waals surface area (Å²) in [5.41, 5.74) is 2.12. The Labute approximate surface area is 167 Å². The molecule has 1 aliphatic carbocycles. The highest BCUT2D eigenvalue weighted by Crippen LogP contribution is 2.35. The summed E-state index contributed by atoms with van der Waals surface area (Å²) < 4.78 is 5.64. The van der Waals surface area contributed by atoms with Crippen LogP contribution in [0.1, 0.15) is 58.3 Å². The highest BCUT2D eigenvalue weighted by molar-refractivity contribution is 6.32. The van der Waals surface area contributed by atoms with Gasteiger partial charge in [0, 0.05) is 0 Å². The molecule has 2 aromatic rings. The zero-order valence-electron chi connectivity index (χ0n) is 16.1. The Morgan fingerprint density at radius 1 is 1.00 bits per heavy atom. The van der Waals surface area contributed by atoms with Crippen molar-refractivity contribution in [2.24, 2.45) is 11.8 Å². The normalized spacial score (nSPS) is 19.6. The molecule has 0 spiro atoms. The van der Waals surface area contributed by atoms with Crippen LogP contribution in [-0.4, -0.2) is 5.97 Å². The second-order valence-electron chi connectivity index (χ2n) is 7.65. The van der Waals surface area contributed by atoms with E-state index >= 15 is 0 Å². The maximum Gasteiger partial charge on any atom is 0.314 e. The smallest absolute Gasteiger partial charge is 0.314 e. The van der Waals surface area contributed by atoms with Gasteiger partial charge in [0.15, 0.2) is 0 Å². The van der Waals surface area contributed by atoms with E-state index in [0.29, 0.717) is 10.8 Å². The van der Waals surface area contributed by atoms with Crippen LogP contribution in [-0.2, 0) is 4.79 Å². The van der Waals surface area contributed by atoms with Gasteiger partial charge in [-0.05, 0) is 54.9 Å². The lowest BCUT2D eigenvalue weighted by molar-refractivity contribution is -0.140. The van der Waals surface area contributed by atoms with Gasteiger partial charge in [0.25, 0.3) is 0 Å². The third-order valence-corrected chi connectivity index (χ3v) is 5.94. The molecule has 144 valence electrons. The van der Waals surface area contributed by atoms with Gasteiger partial charge >= 0.3 is 5.97 Å². The van der Waals surface area contributed by atoms with Crippen LogP contribution in [0, 0.1) is 11.8 Å². The van der Waals surface area contributed by atoms with Crippen molar-refractivity contribution < 1.29 is 9.53 Å². The molecule has 0 amide bonds. The van der Waals surface area contributed by atoms with Crippen molar-refractivity contribution in [2.45, 2.75) is 58.3 Å². The minimum absolute atomic E-state index is 0.0114. The van der Waals surface area contributed by atoms with E-state index in [1.807, 2.05) is 42.5 Å². The quantitative estimate of drug-likeness (QED) is 0.284. The molecular weight excluding hydrogens is 356 g/mol. The molecule has 1 saturated carbocycles. The van der Waals surface area contributed by atoms with Gasteiger partial charge in [0.2, 0.25) is 0 Å². The first-order valence-corrected chi connectivity index (χ1v) is 10.6. The van der Waals surface area contributed by atoms with Gasteiger partial charge in [-0.1, -0.05) is 80.6 Å². The van der Waals surface area contributed by atoms with E-state index < -0.39 is 0 Å². The Hall–Kier alpha value is -1.80. The molecule has 27 heavy (non-hydrogen) atoms. The minimum Gasteiger partial charge on any atom is -0.425 e. The number of unbranched alkanes of at least 4 members (excludes halogenated alkanes) is 2. The summed E-state index contributed by atoms with van der Waals surface area (Å²) in [5, 5.41) is 0.484. The standard InChI is InChI=1S/C24H29ClO2/c1-2-3-5-8-18-11-13-20(14-12-18)24(26)27-23-16-15-21(17-22(23)25)19-9-6-4-7-10-19/h4,6-7,9-10,15-18,20H,2-3,5,8,11-14H2,1H3. The van der Waals surface area contributed by atoms with Crippen LogP contribution in [0.15, 0.2) is 48.5 Å². The van der Waals surface area contributed by atoms with Crippen molar-refractivity contribution in [1.82, 2.24) is 0 Å². The number of halogens is 1. The van der Waals surface area contributed by atoms with E-state index in [9.17, 15) is 4.79 Å². The fourth-order valence-corrected chi connectivity index (χ4v) is 4.17. The molecule has 3 heteroatoms. The first-order chi connectivity index (χ1) is 13.2. The molecule has 0 heterocycles. The average Bonchev–Trinajstić information content (AvgIpc) is 2.71. The summed E-state index contributed by atoms with van der Waals surface area (Å²) in [6.45, 7) is 2.24. The van der Waals surface area contributed by atoms with E-state index in [2.05, 4.69) is 6.92 Å². The van der Waals surface area contributed by atoms with Gasteiger partial charge in [-0.3, -0.25) is 4.79 Å². The minimum atomic E-state index is -0.128. The number of hydrogen-bond acceptors (Lipinski definition) is 2. The summed E-state index contributed by atoms with van der Waals surface area (Å²) >= 11 is 6.38. The Morgan fingerprint density at radius 3 is 2.41 bits per heavy atom. The zero-order valence-corrected chi connectivity index (χ0v) is 16.9. The summed E-state index contributed by atoms with van der Waals surface area (Å²) in [7, 11) is 0. The molecule has 1 aliphatic rings. The fourth-order valence-electron chi connectivity index (χ4n) is 3.96. The number of hydrogen-bond donors (Lipinski definition) is 0. The fraction of sp³-hybridized carbons (Fsp3) is 0.458. The molecule has 1 fully saturated rings. The molecule has 2 nitrogen and oxygen atoms in total. The first kappa shape index (κ1) is 19.9. The van der Waals surface area contributed by atoms with E-state index in [0.717, 1.165) is 42.7 Å². The van der Waals surface area contributed by atoms with Gasteiger partial charge in [-0.15, -0.1) is 0 Å². The Balaban J connectivity index is 1.54. The molecule has 0 aromatic heterocycles. The largest absolute Gasteiger partial charge is 0.425 e. The average molecular weight is 385 g/mol. The predicted molar refractivity (Wildman–Crippen MR) is 112 cm³/mol. The van der Waals surface area contributed by atoms with Crippen LogP contribution in [0.3, 0.4) is 0 Å². The molecule has 2 aromatic carbocycles. The number of carbonyl (C=O) groups excluding carboxylic acids is 1. The molecule has 0 aliphatic heterocycles. The number of esters is 1. The lowest BCUT2D eigenvalue weighted by atomic mass is 9.80. The van der Waals surface area contributed by atoms with Crippen LogP contribution in [0.25, 0.3) is 11.1 Å². The Morgan fingerprint density at radius 2 is 1.74 bits per heavy atom. The van der Waals surface area contributed by atoms with Crippen molar-refractivity contribution in [3.05, 3.63) is 53.6 Å². The molecule has 0 N–H and O–H groups in total. The molecule has 0 atom stereocenters. The predicted octanol–water partition coefficient (Wildman–Crippen LogP) is 7.30. The number of rotatable bonds is 7. The summed E-state index contributed by atoms with van der Waals surface area (Å²) in [6, 6.07) is 15.7. The van der Waals surface area contributed by atoms with Gasteiger partial charge in [-0.25, -0.2) is 0 Å². The Kier molecular flexibility index (Phi) is 7.34. The van der Waals surface area contributed by atoms with Gasteiger partial charge in [0.05, 0.1) is 10.9 Å².